The maximum Gasteiger partial charge on any atom is 0.424 e. The molecule has 140 valence electrons. The van der Waals surface area contributed by atoms with Crippen LogP contribution in [0.1, 0.15) is 59.6 Å². The minimum atomic E-state index is -0.815. The molecule has 0 aromatic heterocycles. The van der Waals surface area contributed by atoms with E-state index in [1.165, 1.54) is 0 Å². The van der Waals surface area contributed by atoms with Crippen molar-refractivity contribution >= 4 is 23.6 Å². The summed E-state index contributed by atoms with van der Waals surface area (Å²) in [7, 11) is 0. The van der Waals surface area contributed by atoms with Gasteiger partial charge >= 0.3 is 12.2 Å². The van der Waals surface area contributed by atoms with Gasteiger partial charge in [-0.05, 0) is 72.1 Å². The highest BCUT2D eigenvalue weighted by Crippen LogP contribution is 2.33. The normalized spacial score (nSPS) is 11.8. The van der Waals surface area contributed by atoms with Gasteiger partial charge in [-0.25, -0.2) is 9.59 Å². The smallest absolute Gasteiger partial charge is 0.424 e. The molecule has 0 unspecified atom stereocenters. The SMILES string of the molecule is CCc1ccc(N)c(N(C(=O)OC(C)(C)C)C(=O)OC(C)(C)C)c1C. The standard InChI is InChI=1S/C19H30N2O4/c1-9-13-10-11-14(20)15(12(13)2)21(16(22)24-18(3,4)5)17(23)25-19(6,7)8/h10-11H,9,20H2,1-8H3. The van der Waals surface area contributed by atoms with Crippen molar-refractivity contribution in [3.63, 3.8) is 0 Å². The number of nitrogen functional groups attached to an aromatic ring is 1. The number of amides is 2. The predicted molar refractivity (Wildman–Crippen MR) is 99.9 cm³/mol. The first-order chi connectivity index (χ1) is 11.3. The van der Waals surface area contributed by atoms with Crippen LogP contribution in [-0.2, 0) is 15.9 Å². The Morgan fingerprint density at radius 2 is 1.44 bits per heavy atom. The van der Waals surface area contributed by atoms with Crippen molar-refractivity contribution in [2.24, 2.45) is 0 Å². The van der Waals surface area contributed by atoms with E-state index in [0.29, 0.717) is 11.4 Å². The molecule has 1 aromatic carbocycles. The van der Waals surface area contributed by atoms with E-state index in [4.69, 9.17) is 15.2 Å². The first-order valence-electron chi connectivity index (χ1n) is 8.41. The number of anilines is 2. The lowest BCUT2D eigenvalue weighted by Crippen LogP contribution is -2.44. The zero-order chi connectivity index (χ0) is 19.6. The van der Waals surface area contributed by atoms with Crippen LogP contribution < -0.4 is 10.6 Å². The second-order valence-corrected chi connectivity index (χ2v) is 7.94. The molecule has 6 nitrogen and oxygen atoms in total. The Hall–Kier alpha value is -2.24. The van der Waals surface area contributed by atoms with Gasteiger partial charge < -0.3 is 15.2 Å². The third-order valence-corrected chi connectivity index (χ3v) is 3.33. The molecule has 0 aliphatic rings. The lowest BCUT2D eigenvalue weighted by molar-refractivity contribution is 0.0430. The molecule has 0 atom stereocenters. The molecule has 0 radical (unpaired) electrons. The van der Waals surface area contributed by atoms with Gasteiger partial charge in [-0.3, -0.25) is 0 Å². The quantitative estimate of drug-likeness (QED) is 0.774. The summed E-state index contributed by atoms with van der Waals surface area (Å²) in [6.07, 6.45) is -0.884. The molecule has 0 aliphatic carbocycles. The van der Waals surface area contributed by atoms with E-state index in [2.05, 4.69) is 0 Å². The molecule has 0 fully saturated rings. The fourth-order valence-corrected chi connectivity index (χ4v) is 2.31. The zero-order valence-electron chi connectivity index (χ0n) is 16.5. The van der Waals surface area contributed by atoms with Gasteiger partial charge in [-0.1, -0.05) is 13.0 Å². The zero-order valence-corrected chi connectivity index (χ0v) is 16.5. The predicted octanol–water partition coefficient (Wildman–Crippen LogP) is 4.82. The van der Waals surface area contributed by atoms with Gasteiger partial charge in [0.15, 0.2) is 0 Å². The van der Waals surface area contributed by atoms with Crippen LogP contribution in [0.5, 0.6) is 0 Å². The summed E-state index contributed by atoms with van der Waals surface area (Å²) in [6, 6.07) is 3.57. The van der Waals surface area contributed by atoms with Crippen molar-refractivity contribution in [2.75, 3.05) is 10.6 Å². The lowest BCUT2D eigenvalue weighted by atomic mass is 10.0. The van der Waals surface area contributed by atoms with E-state index >= 15 is 0 Å². The maximum absolute atomic E-state index is 12.7. The Morgan fingerprint density at radius 3 is 1.80 bits per heavy atom. The largest absolute Gasteiger partial charge is 0.443 e. The Kier molecular flexibility index (Phi) is 6.10. The van der Waals surface area contributed by atoms with Crippen molar-refractivity contribution in [3.05, 3.63) is 23.3 Å². The highest BCUT2D eigenvalue weighted by Gasteiger charge is 2.35. The van der Waals surface area contributed by atoms with Crippen molar-refractivity contribution in [2.45, 2.75) is 73.0 Å². The van der Waals surface area contributed by atoms with E-state index in [9.17, 15) is 9.59 Å². The number of benzene rings is 1. The number of rotatable bonds is 2. The molecule has 0 saturated carbocycles. The molecule has 2 N–H and O–H groups in total. The monoisotopic (exact) mass is 350 g/mol. The van der Waals surface area contributed by atoms with Crippen LogP contribution in [0.4, 0.5) is 21.0 Å². The number of ether oxygens (including phenoxy) is 2. The summed E-state index contributed by atoms with van der Waals surface area (Å²) in [5, 5.41) is 0. The van der Waals surface area contributed by atoms with E-state index in [0.717, 1.165) is 22.4 Å². The van der Waals surface area contributed by atoms with Gasteiger partial charge in [0.2, 0.25) is 0 Å². The van der Waals surface area contributed by atoms with E-state index in [-0.39, 0.29) is 0 Å². The Labute approximate surface area is 150 Å². The molecular formula is C19H30N2O4. The second kappa shape index (κ2) is 7.33. The van der Waals surface area contributed by atoms with Crippen LogP contribution >= 0.6 is 0 Å². The third-order valence-electron chi connectivity index (χ3n) is 3.33. The second-order valence-electron chi connectivity index (χ2n) is 7.94. The summed E-state index contributed by atoms with van der Waals surface area (Å²) in [4.78, 5) is 26.4. The van der Waals surface area contributed by atoms with E-state index in [1.807, 2.05) is 19.9 Å². The fraction of sp³-hybridized carbons (Fsp3) is 0.579. The molecule has 6 heteroatoms. The molecule has 2 amide bonds. The van der Waals surface area contributed by atoms with Crippen LogP contribution in [0.3, 0.4) is 0 Å². The van der Waals surface area contributed by atoms with Gasteiger partial charge in [-0.2, -0.15) is 4.90 Å². The molecule has 25 heavy (non-hydrogen) atoms. The number of imide groups is 1. The van der Waals surface area contributed by atoms with Crippen LogP contribution in [0.15, 0.2) is 12.1 Å². The summed E-state index contributed by atoms with van der Waals surface area (Å²) >= 11 is 0. The summed E-state index contributed by atoms with van der Waals surface area (Å²) in [5.74, 6) is 0. The van der Waals surface area contributed by atoms with E-state index in [1.54, 1.807) is 47.6 Å². The number of nitrogens with two attached hydrogens (primary N) is 1. The number of nitrogens with zero attached hydrogens (tertiary/aromatic N) is 1. The highest BCUT2D eigenvalue weighted by molar-refractivity contribution is 6.12. The minimum absolute atomic E-state index is 0.308. The summed E-state index contributed by atoms with van der Waals surface area (Å²) in [6.45, 7) is 14.2. The first-order valence-corrected chi connectivity index (χ1v) is 8.41. The van der Waals surface area contributed by atoms with Crippen molar-refractivity contribution in [1.82, 2.24) is 0 Å². The van der Waals surface area contributed by atoms with Crippen molar-refractivity contribution < 1.29 is 19.1 Å². The highest BCUT2D eigenvalue weighted by atomic mass is 16.6. The van der Waals surface area contributed by atoms with Gasteiger partial charge in [-0.15, -0.1) is 0 Å². The topological polar surface area (TPSA) is 81.9 Å². The van der Waals surface area contributed by atoms with Crippen LogP contribution in [0, 0.1) is 6.92 Å². The Bertz CT molecular complexity index is 627. The van der Waals surface area contributed by atoms with Crippen LogP contribution in [-0.4, -0.2) is 23.4 Å². The summed E-state index contributed by atoms with van der Waals surface area (Å²) < 4.78 is 10.8. The van der Waals surface area contributed by atoms with Crippen LogP contribution in [0.2, 0.25) is 0 Å². The first kappa shape index (κ1) is 20.8. The fourth-order valence-electron chi connectivity index (χ4n) is 2.31. The van der Waals surface area contributed by atoms with Gasteiger partial charge in [0.25, 0.3) is 0 Å². The Morgan fingerprint density at radius 1 is 1.00 bits per heavy atom. The average Bonchev–Trinajstić information content (AvgIpc) is 2.39. The number of hydrogen-bond acceptors (Lipinski definition) is 5. The number of carbonyl (C=O) groups excluding carboxylic acids is 2. The van der Waals surface area contributed by atoms with E-state index < -0.39 is 23.4 Å². The number of aryl methyl sites for hydroxylation is 1. The molecule has 1 aromatic rings. The van der Waals surface area contributed by atoms with Gasteiger partial charge in [0.1, 0.15) is 11.2 Å². The van der Waals surface area contributed by atoms with Crippen molar-refractivity contribution in [3.8, 4) is 0 Å². The number of hydrogen-bond donors (Lipinski definition) is 1. The summed E-state index contributed by atoms with van der Waals surface area (Å²) in [5.41, 5.74) is 6.93. The average molecular weight is 350 g/mol. The molecule has 0 saturated heterocycles. The van der Waals surface area contributed by atoms with Crippen molar-refractivity contribution in [1.29, 1.82) is 0 Å². The minimum Gasteiger partial charge on any atom is -0.443 e. The lowest BCUT2D eigenvalue weighted by Gasteiger charge is -2.30. The Balaban J connectivity index is 3.47. The molecular weight excluding hydrogens is 320 g/mol. The maximum atomic E-state index is 12.7. The number of carbonyl (C=O) groups is 2. The molecule has 0 aliphatic heterocycles. The molecule has 1 rings (SSSR count). The van der Waals surface area contributed by atoms with Crippen LogP contribution in [0.25, 0.3) is 0 Å². The molecule has 0 spiro atoms. The third kappa shape index (κ3) is 5.66. The van der Waals surface area contributed by atoms with Gasteiger partial charge in [0, 0.05) is 0 Å². The molecule has 0 heterocycles. The molecule has 0 bridgehead atoms. The van der Waals surface area contributed by atoms with Gasteiger partial charge in [0.05, 0.1) is 11.4 Å².